The fourth-order valence-corrected chi connectivity index (χ4v) is 2.92. The van der Waals surface area contributed by atoms with Crippen LogP contribution in [0.4, 0.5) is 0 Å². The van der Waals surface area contributed by atoms with Crippen molar-refractivity contribution in [3.63, 3.8) is 0 Å². The summed E-state index contributed by atoms with van der Waals surface area (Å²) in [6.45, 7) is 4.24. The number of aliphatic hydroxyl groups excluding tert-OH is 1. The van der Waals surface area contributed by atoms with Crippen LogP contribution in [0.15, 0.2) is 9.27 Å². The van der Waals surface area contributed by atoms with Crippen LogP contribution in [0.1, 0.15) is 44.8 Å². The fourth-order valence-electron chi connectivity index (χ4n) is 2.48. The standard InChI is InChI=1S/C12H19BrN2O2/c1-7(2)6-8-11(13)12(17)15(14-8)9-4-3-5-10(9)16/h7,9-10,14,16H,3-6H2,1-2H3. The van der Waals surface area contributed by atoms with Gasteiger partial charge in [0, 0.05) is 0 Å². The van der Waals surface area contributed by atoms with Gasteiger partial charge in [0.1, 0.15) is 4.47 Å². The molecule has 0 aromatic carbocycles. The van der Waals surface area contributed by atoms with E-state index in [9.17, 15) is 9.90 Å². The second kappa shape index (κ2) is 4.98. The molecule has 0 bridgehead atoms. The predicted molar refractivity (Wildman–Crippen MR) is 70.2 cm³/mol. The summed E-state index contributed by atoms with van der Waals surface area (Å²) in [6.07, 6.45) is 3.08. The quantitative estimate of drug-likeness (QED) is 0.899. The van der Waals surface area contributed by atoms with Gasteiger partial charge in [-0.1, -0.05) is 13.8 Å². The average molecular weight is 303 g/mol. The number of aromatic nitrogens is 2. The third kappa shape index (κ3) is 2.50. The lowest BCUT2D eigenvalue weighted by Crippen LogP contribution is -2.27. The van der Waals surface area contributed by atoms with Gasteiger partial charge < -0.3 is 5.11 Å². The maximum absolute atomic E-state index is 12.1. The molecule has 2 N–H and O–H groups in total. The van der Waals surface area contributed by atoms with Crippen LogP contribution in [-0.4, -0.2) is 21.0 Å². The second-order valence-corrected chi connectivity index (χ2v) is 6.04. The molecule has 0 radical (unpaired) electrons. The van der Waals surface area contributed by atoms with Crippen molar-refractivity contribution in [1.82, 2.24) is 9.78 Å². The van der Waals surface area contributed by atoms with Crippen LogP contribution in [0.3, 0.4) is 0 Å². The summed E-state index contributed by atoms with van der Waals surface area (Å²) in [6, 6.07) is -0.0836. The summed E-state index contributed by atoms with van der Waals surface area (Å²) in [5.74, 6) is 0.492. The van der Waals surface area contributed by atoms with E-state index in [2.05, 4.69) is 34.9 Å². The second-order valence-electron chi connectivity index (χ2n) is 5.24. The van der Waals surface area contributed by atoms with Gasteiger partial charge >= 0.3 is 0 Å². The van der Waals surface area contributed by atoms with Gasteiger partial charge in [-0.25, -0.2) is 4.68 Å². The number of aliphatic hydroxyl groups is 1. The van der Waals surface area contributed by atoms with E-state index in [1.165, 1.54) is 0 Å². The zero-order valence-electron chi connectivity index (χ0n) is 10.2. The van der Waals surface area contributed by atoms with E-state index in [-0.39, 0.29) is 11.6 Å². The van der Waals surface area contributed by atoms with Gasteiger partial charge in [-0.2, -0.15) is 0 Å². The van der Waals surface area contributed by atoms with Crippen molar-refractivity contribution in [3.8, 4) is 0 Å². The molecule has 0 aliphatic heterocycles. The molecule has 96 valence electrons. The molecule has 0 spiro atoms. The van der Waals surface area contributed by atoms with E-state index in [4.69, 9.17) is 0 Å². The van der Waals surface area contributed by atoms with Gasteiger partial charge in [0.05, 0.1) is 17.8 Å². The lowest BCUT2D eigenvalue weighted by molar-refractivity contribution is 0.128. The van der Waals surface area contributed by atoms with Crippen LogP contribution < -0.4 is 5.56 Å². The molecule has 5 heteroatoms. The Kier molecular flexibility index (Phi) is 3.78. The van der Waals surface area contributed by atoms with Crippen molar-refractivity contribution in [1.29, 1.82) is 0 Å². The van der Waals surface area contributed by atoms with E-state index in [1.54, 1.807) is 4.68 Å². The minimum absolute atomic E-state index is 0.0494. The van der Waals surface area contributed by atoms with Crippen LogP contribution >= 0.6 is 15.9 Å². The Morgan fingerprint density at radius 2 is 2.24 bits per heavy atom. The number of nitrogens with zero attached hydrogens (tertiary/aromatic N) is 1. The number of halogens is 1. The summed E-state index contributed by atoms with van der Waals surface area (Å²) >= 11 is 3.35. The Hall–Kier alpha value is -0.550. The Bertz CT molecular complexity index is 450. The van der Waals surface area contributed by atoms with E-state index >= 15 is 0 Å². The topological polar surface area (TPSA) is 58.0 Å². The molecule has 1 aliphatic carbocycles. The van der Waals surface area contributed by atoms with Crippen LogP contribution in [0, 0.1) is 5.92 Å². The minimum Gasteiger partial charge on any atom is -0.391 e. The number of aromatic amines is 1. The molecular weight excluding hydrogens is 284 g/mol. The van der Waals surface area contributed by atoms with Gasteiger partial charge in [-0.15, -0.1) is 0 Å². The van der Waals surface area contributed by atoms with Gasteiger partial charge in [-0.3, -0.25) is 9.89 Å². The molecular formula is C12H19BrN2O2. The number of hydrogen-bond acceptors (Lipinski definition) is 2. The predicted octanol–water partition coefficient (Wildman–Crippen LogP) is 2.22. The molecule has 2 atom stereocenters. The van der Waals surface area contributed by atoms with Gasteiger partial charge in [0.25, 0.3) is 5.56 Å². The highest BCUT2D eigenvalue weighted by molar-refractivity contribution is 9.10. The zero-order valence-corrected chi connectivity index (χ0v) is 11.8. The van der Waals surface area contributed by atoms with Crippen molar-refractivity contribution in [2.24, 2.45) is 5.92 Å². The van der Waals surface area contributed by atoms with Crippen LogP contribution in [-0.2, 0) is 6.42 Å². The van der Waals surface area contributed by atoms with E-state index < -0.39 is 6.10 Å². The molecule has 0 amide bonds. The molecule has 2 unspecified atom stereocenters. The largest absolute Gasteiger partial charge is 0.391 e. The summed E-state index contributed by atoms with van der Waals surface area (Å²) in [5.41, 5.74) is 0.885. The van der Waals surface area contributed by atoms with Crippen LogP contribution in [0.5, 0.6) is 0 Å². The van der Waals surface area contributed by atoms with Crippen molar-refractivity contribution in [3.05, 3.63) is 20.5 Å². The average Bonchev–Trinajstić information content (AvgIpc) is 2.77. The summed E-state index contributed by atoms with van der Waals surface area (Å²) in [7, 11) is 0. The molecule has 1 aliphatic rings. The van der Waals surface area contributed by atoms with E-state index in [1.807, 2.05) is 0 Å². The molecule has 1 saturated carbocycles. The highest BCUT2D eigenvalue weighted by atomic mass is 79.9. The lowest BCUT2D eigenvalue weighted by atomic mass is 10.1. The molecule has 1 aromatic heterocycles. The number of rotatable bonds is 3. The summed E-state index contributed by atoms with van der Waals surface area (Å²) in [4.78, 5) is 12.1. The number of hydrogen-bond donors (Lipinski definition) is 2. The first-order chi connectivity index (χ1) is 8.00. The monoisotopic (exact) mass is 302 g/mol. The van der Waals surface area contributed by atoms with E-state index in [0.29, 0.717) is 10.4 Å². The third-order valence-corrected chi connectivity index (χ3v) is 4.13. The summed E-state index contributed by atoms with van der Waals surface area (Å²) in [5, 5.41) is 13.0. The fraction of sp³-hybridized carbons (Fsp3) is 0.750. The van der Waals surface area contributed by atoms with Gasteiger partial charge in [-0.05, 0) is 47.5 Å². The molecule has 1 aromatic rings. The van der Waals surface area contributed by atoms with Crippen molar-refractivity contribution >= 4 is 15.9 Å². The molecule has 17 heavy (non-hydrogen) atoms. The first kappa shape index (κ1) is 12.9. The molecule has 0 saturated heterocycles. The highest BCUT2D eigenvalue weighted by Gasteiger charge is 2.29. The number of nitrogens with one attached hydrogen (secondary N) is 1. The van der Waals surface area contributed by atoms with Crippen molar-refractivity contribution in [2.75, 3.05) is 0 Å². The zero-order chi connectivity index (χ0) is 12.6. The first-order valence-corrected chi connectivity index (χ1v) is 6.97. The highest BCUT2D eigenvalue weighted by Crippen LogP contribution is 2.29. The van der Waals surface area contributed by atoms with E-state index in [0.717, 1.165) is 31.4 Å². The third-order valence-electron chi connectivity index (χ3n) is 3.31. The molecule has 1 heterocycles. The van der Waals surface area contributed by atoms with Gasteiger partial charge in [0.15, 0.2) is 0 Å². The Balaban J connectivity index is 2.32. The SMILES string of the molecule is CC(C)Cc1[nH]n(C2CCCC2O)c(=O)c1Br. The molecule has 4 nitrogen and oxygen atoms in total. The maximum atomic E-state index is 12.1. The molecule has 1 fully saturated rings. The first-order valence-electron chi connectivity index (χ1n) is 6.17. The van der Waals surface area contributed by atoms with Gasteiger partial charge in [0.2, 0.25) is 0 Å². The Labute approximate surface area is 109 Å². The maximum Gasteiger partial charge on any atom is 0.281 e. The Morgan fingerprint density at radius 3 is 2.76 bits per heavy atom. The normalized spacial score (nSPS) is 24.8. The Morgan fingerprint density at radius 1 is 1.53 bits per heavy atom. The minimum atomic E-state index is -0.398. The number of H-pyrrole nitrogens is 1. The van der Waals surface area contributed by atoms with Crippen LogP contribution in [0.2, 0.25) is 0 Å². The van der Waals surface area contributed by atoms with Crippen molar-refractivity contribution < 1.29 is 5.11 Å². The summed E-state index contributed by atoms with van der Waals surface area (Å²) < 4.78 is 2.21. The van der Waals surface area contributed by atoms with Crippen molar-refractivity contribution in [2.45, 2.75) is 51.7 Å². The molecule has 2 rings (SSSR count). The van der Waals surface area contributed by atoms with Crippen LogP contribution in [0.25, 0.3) is 0 Å². The smallest absolute Gasteiger partial charge is 0.281 e. The lowest BCUT2D eigenvalue weighted by Gasteiger charge is -2.15.